The second-order valence-electron chi connectivity index (χ2n) is 6.74. The van der Waals surface area contributed by atoms with Crippen molar-refractivity contribution in [2.45, 2.75) is 31.6 Å². The number of hydrogen-bond donors (Lipinski definition) is 2. The number of anilines is 1. The van der Waals surface area contributed by atoms with E-state index in [1.807, 2.05) is 54.7 Å². The van der Waals surface area contributed by atoms with E-state index < -0.39 is 5.97 Å². The number of hydrogen-bond acceptors (Lipinski definition) is 4. The van der Waals surface area contributed by atoms with Crippen LogP contribution in [0.4, 0.5) is 5.13 Å². The lowest BCUT2D eigenvalue weighted by atomic mass is 9.90. The zero-order valence-corrected chi connectivity index (χ0v) is 18.1. The standard InChI is InChI=1S/C22H22Cl2N2O2S/c23-17-9-5-15(6-10-17)21(16-7-11-18(24)12-8-16)19-14-26-22(29-19)25-13-3-1-2-4-20(27)28/h5-12,14,21H,1-4,13H2,(H,25,26)(H,27,28). The van der Waals surface area contributed by atoms with Crippen molar-refractivity contribution in [3.63, 3.8) is 0 Å². The van der Waals surface area contributed by atoms with Crippen molar-refractivity contribution in [1.29, 1.82) is 0 Å². The number of unbranched alkanes of at least 4 members (excludes halogenated alkanes) is 2. The third-order valence-electron chi connectivity index (χ3n) is 4.56. The average Bonchev–Trinajstić information content (AvgIpc) is 3.16. The first-order valence-corrected chi connectivity index (χ1v) is 11.0. The largest absolute Gasteiger partial charge is 0.481 e. The predicted molar refractivity (Wildman–Crippen MR) is 121 cm³/mol. The van der Waals surface area contributed by atoms with Gasteiger partial charge in [0.05, 0.1) is 0 Å². The van der Waals surface area contributed by atoms with Crippen LogP contribution in [0.2, 0.25) is 10.0 Å². The second kappa shape index (κ2) is 10.6. The Labute approximate surface area is 184 Å². The predicted octanol–water partition coefficient (Wildman–Crippen LogP) is 6.69. The number of carboxylic acids is 1. The molecule has 3 aromatic rings. The monoisotopic (exact) mass is 448 g/mol. The number of nitrogens with one attached hydrogen (secondary N) is 1. The minimum atomic E-state index is -0.738. The second-order valence-corrected chi connectivity index (χ2v) is 8.67. The van der Waals surface area contributed by atoms with Crippen molar-refractivity contribution in [1.82, 2.24) is 4.98 Å². The van der Waals surface area contributed by atoms with Gasteiger partial charge in [-0.1, -0.05) is 53.9 Å². The van der Waals surface area contributed by atoms with Crippen LogP contribution in [0.3, 0.4) is 0 Å². The van der Waals surface area contributed by atoms with Crippen molar-refractivity contribution < 1.29 is 9.90 Å². The van der Waals surface area contributed by atoms with E-state index in [2.05, 4.69) is 10.3 Å². The molecule has 1 aromatic heterocycles. The van der Waals surface area contributed by atoms with E-state index in [-0.39, 0.29) is 12.3 Å². The number of aromatic nitrogens is 1. The van der Waals surface area contributed by atoms with E-state index in [4.69, 9.17) is 28.3 Å². The van der Waals surface area contributed by atoms with Gasteiger partial charge in [-0.05, 0) is 48.2 Å². The Hall–Kier alpha value is -2.08. The molecular formula is C22H22Cl2N2O2S. The van der Waals surface area contributed by atoms with E-state index in [1.54, 1.807) is 11.3 Å². The number of carbonyl (C=O) groups is 1. The van der Waals surface area contributed by atoms with Crippen LogP contribution in [0.1, 0.15) is 47.6 Å². The molecule has 3 rings (SSSR count). The summed E-state index contributed by atoms with van der Waals surface area (Å²) in [5, 5.41) is 14.3. The van der Waals surface area contributed by atoms with Gasteiger partial charge in [0.1, 0.15) is 0 Å². The van der Waals surface area contributed by atoms with Crippen molar-refractivity contribution in [3.05, 3.63) is 80.8 Å². The number of rotatable bonds is 10. The molecule has 0 aliphatic carbocycles. The topological polar surface area (TPSA) is 62.2 Å². The fourth-order valence-corrected chi connectivity index (χ4v) is 4.36. The summed E-state index contributed by atoms with van der Waals surface area (Å²) in [6, 6.07) is 15.8. The Morgan fingerprint density at radius 3 is 2.10 bits per heavy atom. The minimum Gasteiger partial charge on any atom is -0.481 e. The maximum Gasteiger partial charge on any atom is 0.303 e. The van der Waals surface area contributed by atoms with Crippen LogP contribution in [0.5, 0.6) is 0 Å². The summed E-state index contributed by atoms with van der Waals surface area (Å²) in [7, 11) is 0. The molecular weight excluding hydrogens is 427 g/mol. The van der Waals surface area contributed by atoms with Crippen LogP contribution in [-0.4, -0.2) is 22.6 Å². The zero-order chi connectivity index (χ0) is 20.6. The molecule has 0 fully saturated rings. The summed E-state index contributed by atoms with van der Waals surface area (Å²) in [6.07, 6.45) is 4.64. The average molecular weight is 449 g/mol. The number of benzene rings is 2. The first-order valence-electron chi connectivity index (χ1n) is 9.45. The normalized spacial score (nSPS) is 11.0. The minimum absolute atomic E-state index is 0.0492. The molecule has 7 heteroatoms. The summed E-state index contributed by atoms with van der Waals surface area (Å²) in [5.41, 5.74) is 2.28. The molecule has 0 radical (unpaired) electrons. The van der Waals surface area contributed by atoms with Gasteiger partial charge in [0.2, 0.25) is 0 Å². The molecule has 29 heavy (non-hydrogen) atoms. The molecule has 0 unspecified atom stereocenters. The Kier molecular flexibility index (Phi) is 7.92. The van der Waals surface area contributed by atoms with E-state index >= 15 is 0 Å². The molecule has 4 nitrogen and oxygen atoms in total. The lowest BCUT2D eigenvalue weighted by molar-refractivity contribution is -0.137. The number of thiazole rings is 1. The molecule has 2 aromatic carbocycles. The highest BCUT2D eigenvalue weighted by atomic mass is 35.5. The molecule has 1 heterocycles. The van der Waals surface area contributed by atoms with Crippen LogP contribution in [0, 0.1) is 0 Å². The molecule has 0 amide bonds. The Morgan fingerprint density at radius 2 is 1.55 bits per heavy atom. The Bertz CT molecular complexity index is 881. The summed E-state index contributed by atoms with van der Waals surface area (Å²) < 4.78 is 0. The third kappa shape index (κ3) is 6.46. The molecule has 0 saturated carbocycles. The van der Waals surface area contributed by atoms with Crippen LogP contribution in [-0.2, 0) is 4.79 Å². The fraction of sp³-hybridized carbons (Fsp3) is 0.273. The quantitative estimate of drug-likeness (QED) is 0.339. The van der Waals surface area contributed by atoms with Crippen LogP contribution >= 0.6 is 34.5 Å². The lowest BCUT2D eigenvalue weighted by Gasteiger charge is -2.16. The van der Waals surface area contributed by atoms with E-state index in [0.717, 1.165) is 40.5 Å². The van der Waals surface area contributed by atoms with Crippen LogP contribution in [0.25, 0.3) is 0 Å². The molecule has 0 bridgehead atoms. The van der Waals surface area contributed by atoms with Gasteiger partial charge < -0.3 is 10.4 Å². The third-order valence-corrected chi connectivity index (χ3v) is 6.08. The van der Waals surface area contributed by atoms with Gasteiger partial charge in [-0.3, -0.25) is 4.79 Å². The molecule has 0 spiro atoms. The van der Waals surface area contributed by atoms with Gasteiger partial charge >= 0.3 is 5.97 Å². The highest BCUT2D eigenvalue weighted by Crippen LogP contribution is 2.37. The van der Waals surface area contributed by atoms with Gasteiger partial charge in [-0.25, -0.2) is 4.98 Å². The highest BCUT2D eigenvalue weighted by Gasteiger charge is 2.19. The van der Waals surface area contributed by atoms with Crippen molar-refractivity contribution >= 4 is 45.6 Å². The molecule has 152 valence electrons. The van der Waals surface area contributed by atoms with Gasteiger partial charge in [0.15, 0.2) is 5.13 Å². The summed E-state index contributed by atoms with van der Waals surface area (Å²) >= 11 is 13.8. The fourth-order valence-electron chi connectivity index (χ4n) is 3.11. The SMILES string of the molecule is O=C(O)CCCCCNc1ncc(C(c2ccc(Cl)cc2)c2ccc(Cl)cc2)s1. The Balaban J connectivity index is 1.71. The first kappa shape index (κ1) is 21.6. The van der Waals surface area contributed by atoms with Crippen molar-refractivity contribution in [3.8, 4) is 0 Å². The number of aliphatic carboxylic acids is 1. The maximum atomic E-state index is 10.6. The van der Waals surface area contributed by atoms with Crippen LogP contribution < -0.4 is 5.32 Å². The Morgan fingerprint density at radius 1 is 0.966 bits per heavy atom. The van der Waals surface area contributed by atoms with Gasteiger partial charge in [-0.15, -0.1) is 11.3 Å². The smallest absolute Gasteiger partial charge is 0.303 e. The summed E-state index contributed by atoms with van der Waals surface area (Å²) in [5.74, 6) is -0.689. The maximum absolute atomic E-state index is 10.6. The molecule has 0 aliphatic heterocycles. The molecule has 0 atom stereocenters. The van der Waals surface area contributed by atoms with E-state index in [9.17, 15) is 4.79 Å². The molecule has 2 N–H and O–H groups in total. The number of halogens is 2. The van der Waals surface area contributed by atoms with Crippen molar-refractivity contribution in [2.75, 3.05) is 11.9 Å². The summed E-state index contributed by atoms with van der Waals surface area (Å²) in [4.78, 5) is 16.2. The molecule has 0 saturated heterocycles. The van der Waals surface area contributed by atoms with Gasteiger partial charge in [0.25, 0.3) is 0 Å². The van der Waals surface area contributed by atoms with Crippen molar-refractivity contribution in [2.24, 2.45) is 0 Å². The van der Waals surface area contributed by atoms with E-state index in [0.29, 0.717) is 16.5 Å². The molecule has 0 aliphatic rings. The first-order chi connectivity index (χ1) is 14.0. The number of carboxylic acid groups (broad SMARTS) is 1. The van der Waals surface area contributed by atoms with E-state index in [1.165, 1.54) is 0 Å². The van der Waals surface area contributed by atoms with Gasteiger partial charge in [-0.2, -0.15) is 0 Å². The van der Waals surface area contributed by atoms with Gasteiger partial charge in [0, 0.05) is 40.0 Å². The highest BCUT2D eigenvalue weighted by molar-refractivity contribution is 7.15. The number of nitrogens with zero attached hydrogens (tertiary/aromatic N) is 1. The zero-order valence-electron chi connectivity index (χ0n) is 15.8. The summed E-state index contributed by atoms with van der Waals surface area (Å²) in [6.45, 7) is 0.777. The lowest BCUT2D eigenvalue weighted by Crippen LogP contribution is -2.02. The van der Waals surface area contributed by atoms with Crippen LogP contribution in [0.15, 0.2) is 54.7 Å².